The molecule has 7 heteroatoms. The van der Waals surface area contributed by atoms with E-state index in [1.54, 1.807) is 11.3 Å². The fraction of sp³-hybridized carbons (Fsp3) is 0.412. The van der Waals surface area contributed by atoms with Gasteiger partial charge in [0.2, 0.25) is 5.91 Å². The molecule has 1 aliphatic rings. The number of hydrogen-bond donors (Lipinski definition) is 2. The number of carbonyl (C=O) groups excluding carboxylic acids is 1. The van der Waals surface area contributed by atoms with Gasteiger partial charge in [-0.15, -0.1) is 36.2 Å². The van der Waals surface area contributed by atoms with Crippen molar-refractivity contribution in [3.05, 3.63) is 40.2 Å². The van der Waals surface area contributed by atoms with Crippen molar-refractivity contribution in [1.82, 2.24) is 15.6 Å². The van der Waals surface area contributed by atoms with Crippen LogP contribution >= 0.6 is 36.2 Å². The second-order valence-electron chi connectivity index (χ2n) is 5.68. The van der Waals surface area contributed by atoms with Crippen LogP contribution in [-0.4, -0.2) is 30.5 Å². The van der Waals surface area contributed by atoms with E-state index in [2.05, 4.69) is 45.3 Å². The lowest BCUT2D eigenvalue weighted by atomic mass is 10.1. The van der Waals surface area contributed by atoms with Gasteiger partial charge in [-0.2, -0.15) is 0 Å². The van der Waals surface area contributed by atoms with Crippen LogP contribution in [0, 0.1) is 12.8 Å². The molecule has 1 amide bonds. The van der Waals surface area contributed by atoms with E-state index < -0.39 is 0 Å². The Morgan fingerprint density at radius 3 is 2.67 bits per heavy atom. The van der Waals surface area contributed by atoms with Crippen molar-refractivity contribution in [3.63, 3.8) is 0 Å². The maximum atomic E-state index is 11.9. The highest BCUT2D eigenvalue weighted by atomic mass is 35.5. The van der Waals surface area contributed by atoms with Crippen molar-refractivity contribution in [3.8, 4) is 11.3 Å². The molecule has 2 heterocycles. The number of thiazole rings is 1. The molecule has 2 aromatic rings. The first-order valence-electron chi connectivity index (χ1n) is 7.72. The summed E-state index contributed by atoms with van der Waals surface area (Å²) in [5.41, 5.74) is 3.42. The van der Waals surface area contributed by atoms with Crippen LogP contribution in [0.3, 0.4) is 0 Å². The van der Waals surface area contributed by atoms with Gasteiger partial charge in [0, 0.05) is 24.0 Å². The summed E-state index contributed by atoms with van der Waals surface area (Å²) in [4.78, 5) is 16.4. The molecule has 1 unspecified atom stereocenters. The largest absolute Gasteiger partial charge is 0.355 e. The van der Waals surface area contributed by atoms with Gasteiger partial charge >= 0.3 is 0 Å². The Morgan fingerprint density at radius 1 is 1.33 bits per heavy atom. The highest BCUT2D eigenvalue weighted by Gasteiger charge is 2.21. The number of aryl methyl sites for hydroxylation is 1. The molecule has 0 saturated carbocycles. The number of aromatic nitrogens is 1. The van der Waals surface area contributed by atoms with Gasteiger partial charge in [0.25, 0.3) is 0 Å². The normalized spacial score (nSPS) is 16.1. The van der Waals surface area contributed by atoms with Crippen molar-refractivity contribution < 1.29 is 4.79 Å². The second-order valence-corrected chi connectivity index (χ2v) is 6.74. The SMILES string of the molecule is Cc1nc(-c2ccc(CCNC(=O)C3CCNC3)cc2)cs1.Cl.Cl. The minimum Gasteiger partial charge on any atom is -0.355 e. The molecule has 0 spiro atoms. The molecule has 1 aliphatic heterocycles. The number of amides is 1. The lowest BCUT2D eigenvalue weighted by molar-refractivity contribution is -0.124. The summed E-state index contributed by atoms with van der Waals surface area (Å²) in [6, 6.07) is 8.44. The summed E-state index contributed by atoms with van der Waals surface area (Å²) >= 11 is 1.67. The van der Waals surface area contributed by atoms with Crippen LogP contribution < -0.4 is 10.6 Å². The third-order valence-corrected chi connectivity index (χ3v) is 4.79. The van der Waals surface area contributed by atoms with E-state index in [9.17, 15) is 4.79 Å². The average molecular weight is 388 g/mol. The predicted molar refractivity (Wildman–Crippen MR) is 104 cm³/mol. The maximum absolute atomic E-state index is 11.9. The number of benzene rings is 1. The molecule has 0 aliphatic carbocycles. The molecule has 24 heavy (non-hydrogen) atoms. The van der Waals surface area contributed by atoms with Crippen LogP contribution in [0.1, 0.15) is 17.0 Å². The van der Waals surface area contributed by atoms with Gasteiger partial charge in [0.05, 0.1) is 16.6 Å². The summed E-state index contributed by atoms with van der Waals surface area (Å²) in [7, 11) is 0. The molecular weight excluding hydrogens is 365 g/mol. The van der Waals surface area contributed by atoms with Gasteiger partial charge in [0.15, 0.2) is 0 Å². The van der Waals surface area contributed by atoms with E-state index >= 15 is 0 Å². The molecule has 4 nitrogen and oxygen atoms in total. The Labute approximate surface area is 159 Å². The van der Waals surface area contributed by atoms with Crippen molar-refractivity contribution in [2.75, 3.05) is 19.6 Å². The second kappa shape index (κ2) is 9.99. The first-order chi connectivity index (χ1) is 10.7. The maximum Gasteiger partial charge on any atom is 0.224 e. The quantitative estimate of drug-likeness (QED) is 0.827. The molecule has 0 radical (unpaired) electrons. The monoisotopic (exact) mass is 387 g/mol. The Balaban J connectivity index is 0.00000144. The zero-order chi connectivity index (χ0) is 15.4. The average Bonchev–Trinajstić information content (AvgIpc) is 3.19. The van der Waals surface area contributed by atoms with E-state index in [1.165, 1.54) is 5.56 Å². The van der Waals surface area contributed by atoms with Crippen LogP contribution in [0.4, 0.5) is 0 Å². The first-order valence-corrected chi connectivity index (χ1v) is 8.60. The van der Waals surface area contributed by atoms with E-state index in [0.29, 0.717) is 6.54 Å². The van der Waals surface area contributed by atoms with Gasteiger partial charge in [0.1, 0.15) is 0 Å². The van der Waals surface area contributed by atoms with E-state index in [1.807, 2.05) is 6.92 Å². The molecule has 0 bridgehead atoms. The summed E-state index contributed by atoms with van der Waals surface area (Å²) < 4.78 is 0. The van der Waals surface area contributed by atoms with E-state index in [0.717, 1.165) is 42.2 Å². The number of carbonyl (C=O) groups is 1. The molecule has 2 N–H and O–H groups in total. The summed E-state index contributed by atoms with van der Waals surface area (Å²) in [5, 5.41) is 9.42. The Hall–Kier alpha value is -1.14. The smallest absolute Gasteiger partial charge is 0.224 e. The van der Waals surface area contributed by atoms with E-state index in [4.69, 9.17) is 0 Å². The van der Waals surface area contributed by atoms with Crippen molar-refractivity contribution in [2.24, 2.45) is 5.92 Å². The highest BCUT2D eigenvalue weighted by Crippen LogP contribution is 2.21. The fourth-order valence-corrected chi connectivity index (χ4v) is 3.31. The standard InChI is InChI=1S/C17H21N3OS.2ClH/c1-12-20-16(11-22-12)14-4-2-13(3-5-14)6-9-19-17(21)15-7-8-18-10-15;;/h2-5,11,15,18H,6-10H2,1H3,(H,19,21);2*1H. The van der Waals surface area contributed by atoms with Crippen molar-refractivity contribution in [2.45, 2.75) is 19.8 Å². The van der Waals surface area contributed by atoms with Crippen LogP contribution in [0.15, 0.2) is 29.6 Å². The molecule has 3 rings (SSSR count). The van der Waals surface area contributed by atoms with Crippen molar-refractivity contribution >= 4 is 42.1 Å². The molecule has 1 fully saturated rings. The summed E-state index contributed by atoms with van der Waals surface area (Å²) in [6.07, 6.45) is 1.82. The Kier molecular flexibility index (Phi) is 8.70. The number of rotatable bonds is 5. The van der Waals surface area contributed by atoms with Gasteiger partial charge in [-0.05, 0) is 31.9 Å². The Bertz CT molecular complexity index is 640. The minimum atomic E-state index is 0. The van der Waals surface area contributed by atoms with Gasteiger partial charge in [-0.3, -0.25) is 4.79 Å². The van der Waals surface area contributed by atoms with Crippen LogP contribution in [0.2, 0.25) is 0 Å². The summed E-state index contributed by atoms with van der Waals surface area (Å²) in [6.45, 7) is 4.48. The third-order valence-electron chi connectivity index (χ3n) is 4.01. The minimum absolute atomic E-state index is 0. The van der Waals surface area contributed by atoms with Gasteiger partial charge < -0.3 is 10.6 Å². The lowest BCUT2D eigenvalue weighted by Gasteiger charge is -2.10. The Morgan fingerprint density at radius 2 is 2.08 bits per heavy atom. The zero-order valence-corrected chi connectivity index (χ0v) is 16.0. The number of hydrogen-bond acceptors (Lipinski definition) is 4. The molecule has 132 valence electrons. The highest BCUT2D eigenvalue weighted by molar-refractivity contribution is 7.09. The summed E-state index contributed by atoms with van der Waals surface area (Å²) in [5.74, 6) is 0.329. The molecule has 1 atom stereocenters. The number of nitrogens with one attached hydrogen (secondary N) is 2. The topological polar surface area (TPSA) is 54.0 Å². The predicted octanol–water partition coefficient (Wildman–Crippen LogP) is 3.23. The number of halogens is 2. The lowest BCUT2D eigenvalue weighted by Crippen LogP contribution is -2.33. The van der Waals surface area contributed by atoms with E-state index in [-0.39, 0.29) is 36.6 Å². The molecule has 1 saturated heterocycles. The van der Waals surface area contributed by atoms with Crippen LogP contribution in [0.25, 0.3) is 11.3 Å². The van der Waals surface area contributed by atoms with Crippen LogP contribution in [-0.2, 0) is 11.2 Å². The number of nitrogens with zero attached hydrogens (tertiary/aromatic N) is 1. The van der Waals surface area contributed by atoms with Gasteiger partial charge in [-0.1, -0.05) is 24.3 Å². The zero-order valence-electron chi connectivity index (χ0n) is 13.6. The van der Waals surface area contributed by atoms with Crippen LogP contribution in [0.5, 0.6) is 0 Å². The van der Waals surface area contributed by atoms with Crippen molar-refractivity contribution in [1.29, 1.82) is 0 Å². The molecular formula is C17H23Cl2N3OS. The fourth-order valence-electron chi connectivity index (χ4n) is 2.69. The first kappa shape index (κ1) is 20.9. The molecule has 1 aromatic carbocycles. The van der Waals surface area contributed by atoms with Gasteiger partial charge in [-0.25, -0.2) is 4.98 Å². The third kappa shape index (κ3) is 5.45. The molecule has 1 aromatic heterocycles.